The van der Waals surface area contributed by atoms with E-state index in [-0.39, 0.29) is 0 Å². The van der Waals surface area contributed by atoms with E-state index in [9.17, 15) is 0 Å². The summed E-state index contributed by atoms with van der Waals surface area (Å²) in [6.45, 7) is 0. The quantitative estimate of drug-likeness (QED) is 0.197. The van der Waals surface area contributed by atoms with Crippen LogP contribution in [-0.4, -0.2) is 24.5 Å². The minimum absolute atomic E-state index is 0.581. The van der Waals surface area contributed by atoms with Crippen LogP contribution in [0.1, 0.15) is 0 Å². The van der Waals surface area contributed by atoms with Gasteiger partial charge in [-0.3, -0.25) is 4.57 Å². The van der Waals surface area contributed by atoms with Gasteiger partial charge >= 0.3 is 0 Å². The highest BCUT2D eigenvalue weighted by atomic mass is 15.1. The van der Waals surface area contributed by atoms with Gasteiger partial charge in [-0.15, -0.1) is 0 Å². The molecule has 5 heteroatoms. The van der Waals surface area contributed by atoms with E-state index in [4.69, 9.17) is 19.9 Å². The van der Waals surface area contributed by atoms with E-state index in [1.165, 1.54) is 32.7 Å². The molecule has 3 heterocycles. The molecular weight excluding hydrogens is 574 g/mol. The molecule has 0 aliphatic heterocycles. The zero-order valence-corrected chi connectivity index (χ0v) is 25.3. The molecule has 9 aromatic rings. The van der Waals surface area contributed by atoms with Gasteiger partial charge in [0.1, 0.15) is 5.82 Å². The highest BCUT2D eigenvalue weighted by molar-refractivity contribution is 6.21. The summed E-state index contributed by atoms with van der Waals surface area (Å²) < 4.78 is 2.26. The first-order valence-electron chi connectivity index (χ1n) is 15.7. The lowest BCUT2D eigenvalue weighted by molar-refractivity contribution is 1.05. The van der Waals surface area contributed by atoms with Gasteiger partial charge in [-0.25, -0.2) is 19.9 Å². The Balaban J connectivity index is 1.21. The maximum absolute atomic E-state index is 5.03. The molecule has 0 saturated carbocycles. The van der Waals surface area contributed by atoms with Gasteiger partial charge in [0.15, 0.2) is 17.5 Å². The van der Waals surface area contributed by atoms with E-state index in [0.29, 0.717) is 17.5 Å². The van der Waals surface area contributed by atoms with Crippen molar-refractivity contribution in [2.75, 3.05) is 0 Å². The summed E-state index contributed by atoms with van der Waals surface area (Å²) in [4.78, 5) is 19.6. The number of nitrogens with zero attached hydrogens (tertiary/aromatic N) is 5. The summed E-state index contributed by atoms with van der Waals surface area (Å²) >= 11 is 0. The fraction of sp³-hybridized carbons (Fsp3) is 0. The second-order valence-electron chi connectivity index (χ2n) is 11.6. The van der Waals surface area contributed by atoms with Gasteiger partial charge < -0.3 is 0 Å². The van der Waals surface area contributed by atoms with Crippen molar-refractivity contribution in [3.8, 4) is 51.1 Å². The summed E-state index contributed by atoms with van der Waals surface area (Å²) in [6.07, 6.45) is 1.87. The zero-order chi connectivity index (χ0) is 31.2. The van der Waals surface area contributed by atoms with Crippen molar-refractivity contribution < 1.29 is 0 Å². The molecule has 0 bridgehead atoms. The molecule has 0 aliphatic rings. The van der Waals surface area contributed by atoms with Crippen LogP contribution in [0, 0.1) is 0 Å². The van der Waals surface area contributed by atoms with Gasteiger partial charge in [0.05, 0.1) is 11.0 Å². The average molecular weight is 602 g/mol. The molecule has 0 unspecified atom stereocenters. The Kier molecular flexibility index (Phi) is 6.39. The highest BCUT2D eigenvalue weighted by Crippen LogP contribution is 2.38. The largest absolute Gasteiger partial charge is 0.294 e. The summed E-state index contributed by atoms with van der Waals surface area (Å²) in [7, 11) is 0. The number of rotatable bonds is 5. The summed E-state index contributed by atoms with van der Waals surface area (Å²) in [5, 5.41) is 4.86. The normalized spacial score (nSPS) is 11.4. The molecule has 9 rings (SSSR count). The number of aromatic nitrogens is 5. The number of hydrogen-bond donors (Lipinski definition) is 0. The Morgan fingerprint density at radius 1 is 0.383 bits per heavy atom. The second kappa shape index (κ2) is 11.2. The number of benzene rings is 6. The molecule has 6 aromatic carbocycles. The van der Waals surface area contributed by atoms with E-state index in [2.05, 4.69) is 102 Å². The molecule has 0 aliphatic carbocycles. The first-order valence-corrected chi connectivity index (χ1v) is 15.7. The standard InChI is InChI=1S/C42H27N5/c1-4-12-28(13-5-1)32-21-23-36-35(26-32)39-34-19-11-10-14-29(34)20-24-37(39)47(36)38-25-22-33(27-43-38)42-45-40(30-15-6-2-7-16-30)44-41(46-42)31-17-8-3-9-18-31/h1-27H. The first kappa shape index (κ1) is 26.9. The second-order valence-corrected chi connectivity index (χ2v) is 11.6. The lowest BCUT2D eigenvalue weighted by Crippen LogP contribution is -2.01. The zero-order valence-electron chi connectivity index (χ0n) is 25.3. The van der Waals surface area contributed by atoms with Crippen molar-refractivity contribution in [3.05, 3.63) is 164 Å². The van der Waals surface area contributed by atoms with Crippen LogP contribution < -0.4 is 0 Å². The third-order valence-corrected chi connectivity index (χ3v) is 8.70. The van der Waals surface area contributed by atoms with Crippen LogP contribution >= 0.6 is 0 Å². The van der Waals surface area contributed by atoms with Crippen molar-refractivity contribution in [2.24, 2.45) is 0 Å². The maximum atomic E-state index is 5.03. The fourth-order valence-electron chi connectivity index (χ4n) is 6.44. The summed E-state index contributed by atoms with van der Waals surface area (Å²) in [5.41, 5.74) is 7.29. The van der Waals surface area contributed by atoms with Gasteiger partial charge in [-0.1, -0.05) is 127 Å². The van der Waals surface area contributed by atoms with E-state index in [1.807, 2.05) is 66.9 Å². The predicted molar refractivity (Wildman–Crippen MR) is 191 cm³/mol. The Morgan fingerprint density at radius 2 is 0.936 bits per heavy atom. The first-order chi connectivity index (χ1) is 23.3. The van der Waals surface area contributed by atoms with E-state index in [0.717, 1.165) is 33.5 Å². The predicted octanol–water partition coefficient (Wildman–Crippen LogP) is 10.2. The molecule has 3 aromatic heterocycles. The van der Waals surface area contributed by atoms with Gasteiger partial charge in [0, 0.05) is 33.7 Å². The Hall–Kier alpha value is -6.46. The molecule has 0 atom stereocenters. The average Bonchev–Trinajstić information content (AvgIpc) is 3.50. The van der Waals surface area contributed by atoms with Crippen molar-refractivity contribution in [2.45, 2.75) is 0 Å². The van der Waals surface area contributed by atoms with Crippen LogP contribution in [0.2, 0.25) is 0 Å². The van der Waals surface area contributed by atoms with Crippen LogP contribution in [0.3, 0.4) is 0 Å². The maximum Gasteiger partial charge on any atom is 0.165 e. The Bertz CT molecular complexity index is 2480. The van der Waals surface area contributed by atoms with Crippen LogP contribution in [-0.2, 0) is 0 Å². The number of hydrogen-bond acceptors (Lipinski definition) is 4. The van der Waals surface area contributed by atoms with Crippen molar-refractivity contribution in [3.63, 3.8) is 0 Å². The molecule has 0 amide bonds. The molecule has 5 nitrogen and oxygen atoms in total. The molecule has 0 N–H and O–H groups in total. The van der Waals surface area contributed by atoms with Crippen molar-refractivity contribution >= 4 is 32.6 Å². The summed E-state index contributed by atoms with van der Waals surface area (Å²) in [6, 6.07) is 54.4. The molecule has 0 radical (unpaired) electrons. The van der Waals surface area contributed by atoms with Crippen molar-refractivity contribution in [1.82, 2.24) is 24.5 Å². The lowest BCUT2D eigenvalue weighted by Gasteiger charge is -2.10. The monoisotopic (exact) mass is 601 g/mol. The van der Waals surface area contributed by atoms with E-state index >= 15 is 0 Å². The van der Waals surface area contributed by atoms with Gasteiger partial charge in [-0.05, 0) is 52.2 Å². The van der Waals surface area contributed by atoms with E-state index in [1.54, 1.807) is 0 Å². The van der Waals surface area contributed by atoms with Crippen LogP contribution in [0.4, 0.5) is 0 Å². The summed E-state index contributed by atoms with van der Waals surface area (Å²) in [5.74, 6) is 2.67. The lowest BCUT2D eigenvalue weighted by atomic mass is 10.0. The van der Waals surface area contributed by atoms with Crippen LogP contribution in [0.25, 0.3) is 83.7 Å². The van der Waals surface area contributed by atoms with Gasteiger partial charge in [-0.2, -0.15) is 0 Å². The molecular formula is C42H27N5. The smallest absolute Gasteiger partial charge is 0.165 e. The minimum atomic E-state index is 0.581. The van der Waals surface area contributed by atoms with Crippen LogP contribution in [0.5, 0.6) is 0 Å². The third-order valence-electron chi connectivity index (χ3n) is 8.70. The van der Waals surface area contributed by atoms with Crippen LogP contribution in [0.15, 0.2) is 164 Å². The Labute approximate surface area is 271 Å². The molecule has 0 fully saturated rings. The Morgan fingerprint density at radius 3 is 1.57 bits per heavy atom. The highest BCUT2D eigenvalue weighted by Gasteiger charge is 2.18. The van der Waals surface area contributed by atoms with Crippen molar-refractivity contribution in [1.29, 1.82) is 0 Å². The van der Waals surface area contributed by atoms with E-state index < -0.39 is 0 Å². The topological polar surface area (TPSA) is 56.5 Å². The number of fused-ring (bicyclic) bond motifs is 5. The molecule has 0 spiro atoms. The van der Waals surface area contributed by atoms with Gasteiger partial charge in [0.2, 0.25) is 0 Å². The SMILES string of the molecule is c1ccc(-c2ccc3c(c2)c2c4ccccc4ccc2n3-c2ccc(-c3nc(-c4ccccc4)nc(-c4ccccc4)n3)cn2)cc1. The van der Waals surface area contributed by atoms with Gasteiger partial charge in [0.25, 0.3) is 0 Å². The molecule has 47 heavy (non-hydrogen) atoms. The number of pyridine rings is 1. The molecule has 0 saturated heterocycles. The third kappa shape index (κ3) is 4.73. The fourth-order valence-corrected chi connectivity index (χ4v) is 6.44. The molecule has 220 valence electrons. The minimum Gasteiger partial charge on any atom is -0.294 e.